The number of rotatable bonds is 8. The minimum Gasteiger partial charge on any atom is -1.00 e. The molecular formula is C19H27F6O2S-5. The summed E-state index contributed by atoms with van der Waals surface area (Å²) < 4.78 is 16.4. The fourth-order valence-electron chi connectivity index (χ4n) is 3.47. The van der Waals surface area contributed by atoms with Crippen LogP contribution in [0.25, 0.3) is 0 Å². The third-order valence-electron chi connectivity index (χ3n) is 4.94. The fourth-order valence-corrected chi connectivity index (χ4v) is 3.67. The Morgan fingerprint density at radius 3 is 2.04 bits per heavy atom. The van der Waals surface area contributed by atoms with Crippen LogP contribution in [-0.2, 0) is 15.4 Å². The molecule has 0 aromatic heterocycles. The van der Waals surface area contributed by atoms with Crippen LogP contribution >= 0.6 is 12.4 Å². The van der Waals surface area contributed by atoms with Crippen LogP contribution in [0.15, 0.2) is 24.3 Å². The Balaban J connectivity index is -0.000000576. The molecule has 1 fully saturated rings. The molecule has 0 amide bonds. The fraction of sp³-hybridized carbons (Fsp3) is 0.632. The Kier molecular flexibility index (Phi) is 23.1. The van der Waals surface area contributed by atoms with E-state index in [2.05, 4.69) is 35.4 Å². The normalized spacial score (nSPS) is 17.4. The minimum atomic E-state index is -0.404. The molecule has 1 aromatic rings. The van der Waals surface area contributed by atoms with Crippen LogP contribution in [0.1, 0.15) is 75.3 Å². The monoisotopic (exact) mass is 433 g/mol. The molecule has 0 N–H and O–H groups in total. The van der Waals surface area contributed by atoms with Crippen molar-refractivity contribution in [3.05, 3.63) is 35.4 Å². The smallest absolute Gasteiger partial charge is 0.323 e. The maximum atomic E-state index is 12.0. The average Bonchev–Trinajstić information content (AvgIpc) is 2.60. The summed E-state index contributed by atoms with van der Waals surface area (Å²) in [5.74, 6) is -0.0167. The first-order chi connectivity index (χ1) is 11.2. The molecule has 0 atom stereocenters. The van der Waals surface area contributed by atoms with Crippen LogP contribution in [0.3, 0.4) is 0 Å². The summed E-state index contributed by atoms with van der Waals surface area (Å²) in [5.41, 5.74) is 2.79. The third kappa shape index (κ3) is 10.8. The Bertz CT molecular complexity index is 482. The number of halogens is 6. The lowest BCUT2D eigenvalue weighted by atomic mass is 9.78. The Morgan fingerprint density at radius 2 is 1.54 bits per heavy atom. The molecule has 1 aliphatic rings. The molecule has 0 saturated heterocycles. The first-order valence-corrected chi connectivity index (χ1v) is 9.46. The van der Waals surface area contributed by atoms with Crippen LogP contribution in [0.5, 0.6) is 0 Å². The van der Waals surface area contributed by atoms with E-state index in [1.807, 2.05) is 0 Å². The van der Waals surface area contributed by atoms with Gasteiger partial charge >= 0.3 is 5.97 Å². The molecule has 0 aliphatic heterocycles. The lowest BCUT2D eigenvalue weighted by Gasteiger charge is -2.27. The quantitative estimate of drug-likeness (QED) is 0.232. The SMILES string of the molecule is CCCCCCc1ccc(C2CCC(C(=O)OSF)CC2)cc1.[F-].[F-].[F-].[F-].[F-]. The van der Waals surface area contributed by atoms with Crippen molar-refractivity contribution in [2.24, 2.45) is 5.92 Å². The summed E-state index contributed by atoms with van der Waals surface area (Å²) in [5, 5.41) is 0. The van der Waals surface area contributed by atoms with E-state index < -0.39 is 5.97 Å². The van der Waals surface area contributed by atoms with Crippen LogP contribution < -0.4 is 23.5 Å². The highest BCUT2D eigenvalue weighted by Gasteiger charge is 2.28. The largest absolute Gasteiger partial charge is 1.00 e. The average molecular weight is 433 g/mol. The predicted molar refractivity (Wildman–Crippen MR) is 93.8 cm³/mol. The van der Waals surface area contributed by atoms with Crippen molar-refractivity contribution in [2.75, 3.05) is 0 Å². The van der Waals surface area contributed by atoms with Gasteiger partial charge in [-0.3, -0.25) is 4.79 Å². The summed E-state index contributed by atoms with van der Waals surface area (Å²) >= 11 is -0.338. The lowest BCUT2D eigenvalue weighted by molar-refractivity contribution is -0.138. The lowest BCUT2D eigenvalue weighted by Crippen LogP contribution is -3.00. The number of unbranched alkanes of at least 4 members (excludes halogenated alkanes) is 3. The topological polar surface area (TPSA) is 26.3 Å². The predicted octanol–water partition coefficient (Wildman–Crippen LogP) is -8.82. The van der Waals surface area contributed by atoms with Gasteiger partial charge in [0.2, 0.25) is 0 Å². The number of hydrogen-bond acceptors (Lipinski definition) is 3. The van der Waals surface area contributed by atoms with Gasteiger partial charge in [0.1, 0.15) is 0 Å². The molecule has 168 valence electrons. The molecular weight excluding hydrogens is 406 g/mol. The number of benzene rings is 1. The summed E-state index contributed by atoms with van der Waals surface area (Å²) in [4.78, 5) is 11.5. The molecule has 1 aromatic carbocycles. The van der Waals surface area contributed by atoms with Gasteiger partial charge in [0, 0.05) is 0 Å². The van der Waals surface area contributed by atoms with Crippen molar-refractivity contribution < 1.29 is 36.4 Å². The van der Waals surface area contributed by atoms with Crippen LogP contribution in [0.4, 0.5) is 3.89 Å². The second-order valence-corrected chi connectivity index (χ2v) is 6.86. The molecule has 0 unspecified atom stereocenters. The van der Waals surface area contributed by atoms with E-state index in [0.717, 1.165) is 25.7 Å². The van der Waals surface area contributed by atoms with E-state index >= 15 is 0 Å². The van der Waals surface area contributed by atoms with Gasteiger partial charge in [0.25, 0.3) is 12.4 Å². The van der Waals surface area contributed by atoms with E-state index in [1.54, 1.807) is 0 Å². The van der Waals surface area contributed by atoms with Gasteiger partial charge in [-0.15, -0.1) is 3.89 Å². The van der Waals surface area contributed by atoms with E-state index in [-0.39, 0.29) is 41.9 Å². The van der Waals surface area contributed by atoms with E-state index in [0.29, 0.717) is 5.92 Å². The highest BCUT2D eigenvalue weighted by Crippen LogP contribution is 2.36. The van der Waals surface area contributed by atoms with Gasteiger partial charge in [0.05, 0.1) is 5.92 Å². The van der Waals surface area contributed by atoms with Gasteiger partial charge in [-0.25, -0.2) is 0 Å². The zero-order valence-electron chi connectivity index (χ0n) is 15.8. The van der Waals surface area contributed by atoms with Crippen molar-refractivity contribution in [3.8, 4) is 0 Å². The molecule has 0 bridgehead atoms. The van der Waals surface area contributed by atoms with Crippen molar-refractivity contribution in [1.82, 2.24) is 0 Å². The molecule has 0 spiro atoms. The summed E-state index contributed by atoms with van der Waals surface area (Å²) in [6.45, 7) is 2.24. The number of carbonyl (C=O) groups excluding carboxylic acids is 1. The van der Waals surface area contributed by atoms with Gasteiger partial charge in [-0.1, -0.05) is 50.5 Å². The molecule has 0 radical (unpaired) electrons. The van der Waals surface area contributed by atoms with Crippen molar-refractivity contribution in [3.63, 3.8) is 0 Å². The van der Waals surface area contributed by atoms with Crippen molar-refractivity contribution >= 4 is 18.4 Å². The van der Waals surface area contributed by atoms with E-state index in [9.17, 15) is 8.68 Å². The maximum absolute atomic E-state index is 12.0. The summed E-state index contributed by atoms with van der Waals surface area (Å²) in [6.07, 6.45) is 9.90. The van der Waals surface area contributed by atoms with Gasteiger partial charge in [-0.05, 0) is 55.6 Å². The minimum absolute atomic E-state index is 0. The van der Waals surface area contributed by atoms with Crippen molar-refractivity contribution in [1.29, 1.82) is 0 Å². The van der Waals surface area contributed by atoms with Crippen LogP contribution in [-0.4, -0.2) is 5.97 Å². The molecule has 2 nitrogen and oxygen atoms in total. The van der Waals surface area contributed by atoms with Crippen molar-refractivity contribution in [2.45, 2.75) is 70.6 Å². The van der Waals surface area contributed by atoms with Crippen LogP contribution in [0.2, 0.25) is 0 Å². The highest BCUT2D eigenvalue weighted by atomic mass is 32.2. The third-order valence-corrected chi connectivity index (χ3v) is 5.17. The maximum Gasteiger partial charge on any atom is 0.323 e. The Hall–Kier alpha value is -1.38. The Labute approximate surface area is 167 Å². The zero-order valence-corrected chi connectivity index (χ0v) is 16.6. The Morgan fingerprint density at radius 1 is 0.964 bits per heavy atom. The highest BCUT2D eigenvalue weighted by molar-refractivity contribution is 7.89. The molecule has 1 aliphatic carbocycles. The second kappa shape index (κ2) is 19.0. The number of carbonyl (C=O) groups is 1. The summed E-state index contributed by atoms with van der Waals surface area (Å²) in [6, 6.07) is 8.99. The van der Waals surface area contributed by atoms with Gasteiger partial charge < -0.3 is 27.7 Å². The molecule has 0 heterocycles. The van der Waals surface area contributed by atoms with Gasteiger partial charge in [-0.2, -0.15) is 0 Å². The van der Waals surface area contributed by atoms with E-state index in [1.165, 1.54) is 43.2 Å². The second-order valence-electron chi connectivity index (χ2n) is 6.57. The standard InChI is InChI=1S/C19H27FO2S.5FH/c1-2-3-4-5-6-15-7-9-16(10-8-15)17-11-13-18(14-12-17)19(21)22-23-20;;;;;/h7-10,17-18H,2-6,11-14H2,1H3;5*1H/p-5. The number of aryl methyl sites for hydroxylation is 1. The van der Waals surface area contributed by atoms with E-state index in [4.69, 9.17) is 0 Å². The number of hydrogen-bond donors (Lipinski definition) is 0. The zero-order chi connectivity index (χ0) is 16.5. The molecule has 9 heteroatoms. The van der Waals surface area contributed by atoms with Crippen LogP contribution in [0, 0.1) is 5.92 Å². The first kappa shape index (κ1) is 34.1. The van der Waals surface area contributed by atoms with Gasteiger partial charge in [0.15, 0.2) is 0 Å². The molecule has 2 rings (SSSR count). The molecule has 28 heavy (non-hydrogen) atoms. The molecule has 1 saturated carbocycles. The summed E-state index contributed by atoms with van der Waals surface area (Å²) in [7, 11) is 0. The first-order valence-electron chi connectivity index (χ1n) is 8.82.